The predicted molar refractivity (Wildman–Crippen MR) is 76.8 cm³/mol. The van der Waals surface area contributed by atoms with Crippen LogP contribution in [0.5, 0.6) is 0 Å². The normalized spacial score (nSPS) is 22.6. The molecule has 1 aliphatic heterocycles. The van der Waals surface area contributed by atoms with Crippen molar-refractivity contribution in [2.75, 3.05) is 30.4 Å². The van der Waals surface area contributed by atoms with Crippen molar-refractivity contribution >= 4 is 29.0 Å². The molecule has 1 aromatic rings. The minimum atomic E-state index is -0.380. The fraction of sp³-hybridized carbons (Fsp3) is 0.538. The molecular weight excluding hydrogens is 280 g/mol. The third-order valence-electron chi connectivity index (χ3n) is 3.45. The van der Waals surface area contributed by atoms with Gasteiger partial charge >= 0.3 is 0 Å². The van der Waals surface area contributed by atoms with Gasteiger partial charge in [0.25, 0.3) is 0 Å². The lowest BCUT2D eigenvalue weighted by molar-refractivity contribution is -0.124. The average molecular weight is 297 g/mol. The molecule has 1 aliphatic carbocycles. The van der Waals surface area contributed by atoms with Crippen molar-refractivity contribution < 1.29 is 9.53 Å². The number of ether oxygens (including phenoxy) is 1. The first-order valence-electron chi connectivity index (χ1n) is 6.71. The molecule has 1 atom stereocenters. The highest BCUT2D eigenvalue weighted by Crippen LogP contribution is 2.24. The summed E-state index contributed by atoms with van der Waals surface area (Å²) < 4.78 is 5.42. The van der Waals surface area contributed by atoms with Crippen molar-refractivity contribution in [2.24, 2.45) is 0 Å². The summed E-state index contributed by atoms with van der Waals surface area (Å²) in [7, 11) is 0. The van der Waals surface area contributed by atoms with Gasteiger partial charge in [-0.3, -0.25) is 4.79 Å². The van der Waals surface area contributed by atoms with Crippen LogP contribution in [0.3, 0.4) is 0 Å². The Morgan fingerprint density at radius 2 is 2.30 bits per heavy atom. The highest BCUT2D eigenvalue weighted by atomic mass is 35.5. The van der Waals surface area contributed by atoms with Gasteiger partial charge in [-0.2, -0.15) is 0 Å². The van der Waals surface area contributed by atoms with Crippen molar-refractivity contribution in [2.45, 2.75) is 24.9 Å². The highest BCUT2D eigenvalue weighted by molar-refractivity contribution is 6.29. The van der Waals surface area contributed by atoms with Crippen molar-refractivity contribution in [1.29, 1.82) is 0 Å². The fourth-order valence-corrected chi connectivity index (χ4v) is 2.48. The van der Waals surface area contributed by atoms with Crippen LogP contribution in [0.15, 0.2) is 12.1 Å². The molecule has 0 aromatic carbocycles. The van der Waals surface area contributed by atoms with Crippen LogP contribution in [-0.4, -0.2) is 42.7 Å². The minimum Gasteiger partial charge on any atom is -0.399 e. The molecular formula is C13H17ClN4O2. The number of nitrogens with one attached hydrogen (secondary N) is 1. The first-order chi connectivity index (χ1) is 9.63. The summed E-state index contributed by atoms with van der Waals surface area (Å²) in [5.41, 5.74) is 6.33. The molecule has 2 fully saturated rings. The zero-order chi connectivity index (χ0) is 14.1. The Hall–Kier alpha value is -1.53. The molecule has 108 valence electrons. The molecule has 1 unspecified atom stereocenters. The Labute approximate surface area is 122 Å². The van der Waals surface area contributed by atoms with Gasteiger partial charge in [-0.25, -0.2) is 4.98 Å². The van der Waals surface area contributed by atoms with Gasteiger partial charge in [0.1, 0.15) is 17.0 Å². The number of aromatic nitrogens is 1. The lowest BCUT2D eigenvalue weighted by Crippen LogP contribution is -2.54. The van der Waals surface area contributed by atoms with Crippen LogP contribution in [0.2, 0.25) is 5.15 Å². The Kier molecular flexibility index (Phi) is 3.67. The van der Waals surface area contributed by atoms with Crippen LogP contribution in [0, 0.1) is 0 Å². The van der Waals surface area contributed by atoms with E-state index in [0.717, 1.165) is 12.8 Å². The van der Waals surface area contributed by atoms with Gasteiger partial charge in [-0.15, -0.1) is 0 Å². The zero-order valence-electron chi connectivity index (χ0n) is 11.0. The molecule has 2 aliphatic rings. The maximum atomic E-state index is 12.3. The molecule has 2 heterocycles. The largest absolute Gasteiger partial charge is 0.399 e. The predicted octanol–water partition coefficient (Wildman–Crippen LogP) is 0.801. The van der Waals surface area contributed by atoms with E-state index in [2.05, 4.69) is 10.3 Å². The number of pyridine rings is 1. The minimum absolute atomic E-state index is 0.0208. The van der Waals surface area contributed by atoms with Gasteiger partial charge in [0.15, 0.2) is 0 Å². The number of morpholine rings is 1. The summed E-state index contributed by atoms with van der Waals surface area (Å²) in [6.45, 7) is 1.50. The molecule has 1 aromatic heterocycles. The first kappa shape index (κ1) is 13.5. The summed E-state index contributed by atoms with van der Waals surface area (Å²) in [4.78, 5) is 18.4. The average Bonchev–Trinajstić information content (AvgIpc) is 3.21. The lowest BCUT2D eigenvalue weighted by atomic mass is 10.2. The fourth-order valence-electron chi connectivity index (χ4n) is 2.27. The molecule has 1 saturated carbocycles. The van der Waals surface area contributed by atoms with Crippen LogP contribution < -0.4 is 16.0 Å². The van der Waals surface area contributed by atoms with E-state index < -0.39 is 0 Å². The van der Waals surface area contributed by atoms with Crippen molar-refractivity contribution in [1.82, 2.24) is 10.3 Å². The first-order valence-corrected chi connectivity index (χ1v) is 7.09. The second-order valence-corrected chi connectivity index (χ2v) is 5.54. The Balaban J connectivity index is 1.81. The molecule has 1 saturated heterocycles. The maximum absolute atomic E-state index is 12.3. The number of rotatable bonds is 3. The number of nitrogen functional groups attached to an aromatic ring is 1. The van der Waals surface area contributed by atoms with Gasteiger partial charge in [-0.1, -0.05) is 11.6 Å². The third kappa shape index (κ3) is 2.96. The summed E-state index contributed by atoms with van der Waals surface area (Å²) in [5.74, 6) is 0.599. The standard InChI is InChI=1S/C13H17ClN4O2/c14-11-5-8(15)6-12(17-11)18-3-4-20-7-10(18)13(19)16-9-1-2-9/h5-6,9-10H,1-4,7H2,(H2,15,17)(H,16,19). The number of carbonyl (C=O) groups is 1. The molecule has 0 radical (unpaired) electrons. The molecule has 3 N–H and O–H groups in total. The topological polar surface area (TPSA) is 80.5 Å². The van der Waals surface area contributed by atoms with Crippen molar-refractivity contribution in [3.63, 3.8) is 0 Å². The number of amides is 1. The van der Waals surface area contributed by atoms with Crippen LogP contribution in [0.4, 0.5) is 11.5 Å². The Bertz CT molecular complexity index is 501. The van der Waals surface area contributed by atoms with Crippen LogP contribution in [0.25, 0.3) is 0 Å². The van der Waals surface area contributed by atoms with Crippen molar-refractivity contribution in [3.05, 3.63) is 17.3 Å². The molecule has 0 spiro atoms. The van der Waals surface area contributed by atoms with E-state index in [9.17, 15) is 4.79 Å². The van der Waals surface area contributed by atoms with Gasteiger partial charge in [0.05, 0.1) is 13.2 Å². The maximum Gasteiger partial charge on any atom is 0.245 e. The quantitative estimate of drug-likeness (QED) is 0.807. The molecule has 20 heavy (non-hydrogen) atoms. The summed E-state index contributed by atoms with van der Waals surface area (Å²) in [6.07, 6.45) is 2.11. The van der Waals surface area contributed by atoms with E-state index >= 15 is 0 Å². The SMILES string of the molecule is Nc1cc(Cl)nc(N2CCOCC2C(=O)NC2CC2)c1. The summed E-state index contributed by atoms with van der Waals surface area (Å²) >= 11 is 5.94. The van der Waals surface area contributed by atoms with E-state index in [1.165, 1.54) is 0 Å². The van der Waals surface area contributed by atoms with Gasteiger partial charge < -0.3 is 20.7 Å². The van der Waals surface area contributed by atoms with Gasteiger partial charge in [0, 0.05) is 24.3 Å². The molecule has 1 amide bonds. The number of halogens is 1. The van der Waals surface area contributed by atoms with E-state index in [4.69, 9.17) is 22.1 Å². The third-order valence-corrected chi connectivity index (χ3v) is 3.65. The van der Waals surface area contributed by atoms with Crippen LogP contribution in [-0.2, 0) is 9.53 Å². The monoisotopic (exact) mass is 296 g/mol. The van der Waals surface area contributed by atoms with Crippen molar-refractivity contribution in [3.8, 4) is 0 Å². The number of anilines is 2. The van der Waals surface area contributed by atoms with Crippen LogP contribution in [0.1, 0.15) is 12.8 Å². The van der Waals surface area contributed by atoms with Crippen LogP contribution >= 0.6 is 11.6 Å². The molecule has 3 rings (SSSR count). The second kappa shape index (κ2) is 5.46. The number of hydrogen-bond acceptors (Lipinski definition) is 5. The van der Waals surface area contributed by atoms with Gasteiger partial charge in [0.2, 0.25) is 5.91 Å². The zero-order valence-corrected chi connectivity index (χ0v) is 11.8. The number of hydrogen-bond donors (Lipinski definition) is 2. The number of carbonyl (C=O) groups excluding carboxylic acids is 1. The Morgan fingerprint density at radius 3 is 3.00 bits per heavy atom. The second-order valence-electron chi connectivity index (χ2n) is 5.15. The molecule has 7 heteroatoms. The number of nitrogens with two attached hydrogens (primary N) is 1. The molecule has 6 nitrogen and oxygen atoms in total. The Morgan fingerprint density at radius 1 is 1.50 bits per heavy atom. The molecule has 0 bridgehead atoms. The lowest BCUT2D eigenvalue weighted by Gasteiger charge is -2.35. The number of nitrogens with zero attached hydrogens (tertiary/aromatic N) is 2. The van der Waals surface area contributed by atoms with E-state index in [-0.39, 0.29) is 11.9 Å². The smallest absolute Gasteiger partial charge is 0.245 e. The van der Waals surface area contributed by atoms with E-state index in [0.29, 0.717) is 42.5 Å². The van der Waals surface area contributed by atoms with Gasteiger partial charge in [-0.05, 0) is 18.9 Å². The van der Waals surface area contributed by atoms with E-state index in [1.54, 1.807) is 12.1 Å². The summed E-state index contributed by atoms with van der Waals surface area (Å²) in [5, 5.41) is 3.33. The highest BCUT2D eigenvalue weighted by Gasteiger charge is 2.34. The summed E-state index contributed by atoms with van der Waals surface area (Å²) in [6, 6.07) is 3.26. The van der Waals surface area contributed by atoms with E-state index in [1.807, 2.05) is 4.90 Å².